The second kappa shape index (κ2) is 11.5. The lowest BCUT2D eigenvalue weighted by Crippen LogP contribution is -2.29. The van der Waals surface area contributed by atoms with E-state index in [1.165, 1.54) is 50.5 Å². The molecule has 0 bridgehead atoms. The van der Waals surface area contributed by atoms with Crippen LogP contribution in [0.4, 0.5) is 5.69 Å². The molecule has 0 spiro atoms. The Morgan fingerprint density at radius 1 is 0.923 bits per heavy atom. The van der Waals surface area contributed by atoms with E-state index >= 15 is 0 Å². The molecule has 0 radical (unpaired) electrons. The monoisotopic (exact) mass is 551 g/mol. The molecule has 1 aliphatic heterocycles. The van der Waals surface area contributed by atoms with Crippen molar-refractivity contribution < 1.29 is 38.4 Å². The maximum absolute atomic E-state index is 13.5. The molecular weight excluding hydrogens is 526 g/mol. The highest BCUT2D eigenvalue weighted by Gasteiger charge is 2.47. The number of ketones is 1. The first kappa shape index (κ1) is 27.5. The molecule has 39 heavy (non-hydrogen) atoms. The van der Waals surface area contributed by atoms with Crippen LogP contribution in [0.3, 0.4) is 0 Å². The highest BCUT2D eigenvalue weighted by molar-refractivity contribution is 6.51. The number of ether oxygens (including phenoxy) is 4. The number of halogens is 1. The van der Waals surface area contributed by atoms with E-state index < -0.39 is 29.5 Å². The van der Waals surface area contributed by atoms with Crippen LogP contribution in [-0.2, 0) is 14.3 Å². The van der Waals surface area contributed by atoms with Gasteiger partial charge in [-0.05, 0) is 55.0 Å². The maximum atomic E-state index is 13.5. The van der Waals surface area contributed by atoms with E-state index in [1.807, 2.05) is 0 Å². The first-order valence-electron chi connectivity index (χ1n) is 11.9. The minimum absolute atomic E-state index is 0.118. The predicted molar refractivity (Wildman–Crippen MR) is 145 cm³/mol. The van der Waals surface area contributed by atoms with Crippen molar-refractivity contribution in [2.75, 3.05) is 32.8 Å². The molecule has 1 aliphatic rings. The van der Waals surface area contributed by atoms with Gasteiger partial charge in [-0.25, -0.2) is 4.79 Å². The Balaban J connectivity index is 1.92. The van der Waals surface area contributed by atoms with Crippen LogP contribution in [0.1, 0.15) is 34.5 Å². The highest BCUT2D eigenvalue weighted by atomic mass is 35.5. The summed E-state index contributed by atoms with van der Waals surface area (Å²) in [6.07, 6.45) is 0. The van der Waals surface area contributed by atoms with Gasteiger partial charge in [0.15, 0.2) is 0 Å². The smallest absolute Gasteiger partial charge is 0.338 e. The van der Waals surface area contributed by atoms with Gasteiger partial charge in [-0.2, -0.15) is 0 Å². The number of hydrogen-bond donors (Lipinski definition) is 1. The third-order valence-corrected chi connectivity index (χ3v) is 6.56. The molecular formula is C29H26ClNO8. The van der Waals surface area contributed by atoms with Gasteiger partial charge in [0.25, 0.3) is 11.7 Å². The molecule has 1 heterocycles. The number of carbonyl (C=O) groups is 3. The van der Waals surface area contributed by atoms with Crippen molar-refractivity contribution in [1.29, 1.82) is 0 Å². The zero-order valence-electron chi connectivity index (χ0n) is 21.7. The van der Waals surface area contributed by atoms with Gasteiger partial charge in [-0.15, -0.1) is 0 Å². The van der Waals surface area contributed by atoms with Crippen molar-refractivity contribution in [1.82, 2.24) is 0 Å². The molecule has 1 atom stereocenters. The lowest BCUT2D eigenvalue weighted by molar-refractivity contribution is -0.132. The van der Waals surface area contributed by atoms with E-state index in [0.717, 1.165) is 0 Å². The van der Waals surface area contributed by atoms with E-state index in [-0.39, 0.29) is 39.8 Å². The Hall–Kier alpha value is -4.50. The Labute approximate surface area is 230 Å². The Kier molecular flexibility index (Phi) is 8.11. The van der Waals surface area contributed by atoms with Crippen LogP contribution >= 0.6 is 11.6 Å². The van der Waals surface area contributed by atoms with Crippen LogP contribution in [0.25, 0.3) is 5.76 Å². The standard InChI is InChI=1S/C29H26ClNO8/c1-5-39-29(35)17-6-10-18(11-7-17)31-25(16-8-12-19(36-2)13-9-16)24(27(33)28(31)34)26(32)20-14-23(38-4)21(30)15-22(20)37-3/h6-15,25,32H,5H2,1-4H3/b26-24+. The number of nitrogens with zero attached hydrogens (tertiary/aromatic N) is 1. The summed E-state index contributed by atoms with van der Waals surface area (Å²) >= 11 is 6.23. The van der Waals surface area contributed by atoms with Crippen molar-refractivity contribution in [2.24, 2.45) is 0 Å². The van der Waals surface area contributed by atoms with Gasteiger partial charge in [0.1, 0.15) is 23.0 Å². The third kappa shape index (κ3) is 5.13. The summed E-state index contributed by atoms with van der Waals surface area (Å²) in [7, 11) is 4.32. The minimum atomic E-state index is -1.02. The first-order valence-corrected chi connectivity index (χ1v) is 12.3. The summed E-state index contributed by atoms with van der Waals surface area (Å²) in [5.41, 5.74) is 1.11. The fraction of sp³-hybridized carbons (Fsp3) is 0.207. The average molecular weight is 552 g/mol. The molecule has 0 saturated carbocycles. The molecule has 4 rings (SSSR count). The Morgan fingerprint density at radius 3 is 2.13 bits per heavy atom. The Bertz CT molecular complexity index is 1450. The molecule has 3 aromatic carbocycles. The number of anilines is 1. The number of carbonyl (C=O) groups excluding carboxylic acids is 3. The van der Waals surface area contributed by atoms with E-state index in [1.54, 1.807) is 43.3 Å². The van der Waals surface area contributed by atoms with Gasteiger partial charge in [0.05, 0.1) is 55.7 Å². The average Bonchev–Trinajstić information content (AvgIpc) is 3.22. The van der Waals surface area contributed by atoms with Crippen molar-refractivity contribution >= 4 is 40.7 Å². The normalized spacial score (nSPS) is 16.2. The van der Waals surface area contributed by atoms with Gasteiger partial charge >= 0.3 is 5.97 Å². The number of aliphatic hydroxyl groups is 1. The summed E-state index contributed by atoms with van der Waals surface area (Å²) in [5, 5.41) is 11.8. The molecule has 1 unspecified atom stereocenters. The first-order chi connectivity index (χ1) is 18.7. The number of benzene rings is 3. The number of hydrogen-bond acceptors (Lipinski definition) is 8. The van der Waals surface area contributed by atoms with Crippen LogP contribution < -0.4 is 19.1 Å². The van der Waals surface area contributed by atoms with Crippen LogP contribution in [-0.4, -0.2) is 50.7 Å². The highest BCUT2D eigenvalue weighted by Crippen LogP contribution is 2.45. The Morgan fingerprint density at radius 2 is 1.56 bits per heavy atom. The predicted octanol–water partition coefficient (Wildman–Crippen LogP) is 5.17. The zero-order valence-corrected chi connectivity index (χ0v) is 22.4. The molecule has 1 saturated heterocycles. The van der Waals surface area contributed by atoms with E-state index in [9.17, 15) is 19.5 Å². The van der Waals surface area contributed by atoms with Gasteiger partial charge in [-0.3, -0.25) is 14.5 Å². The number of esters is 1. The maximum Gasteiger partial charge on any atom is 0.338 e. The minimum Gasteiger partial charge on any atom is -0.507 e. The molecule has 202 valence electrons. The summed E-state index contributed by atoms with van der Waals surface area (Å²) in [6.45, 7) is 1.91. The number of methoxy groups -OCH3 is 3. The van der Waals surface area contributed by atoms with E-state index in [0.29, 0.717) is 17.0 Å². The van der Waals surface area contributed by atoms with Crippen LogP contribution in [0.15, 0.2) is 66.2 Å². The summed E-state index contributed by atoms with van der Waals surface area (Å²) < 4.78 is 21.0. The zero-order chi connectivity index (χ0) is 28.3. The number of amides is 1. The third-order valence-electron chi connectivity index (χ3n) is 6.26. The number of rotatable bonds is 8. The second-order valence-electron chi connectivity index (χ2n) is 8.40. The molecule has 1 amide bonds. The van der Waals surface area contributed by atoms with E-state index in [2.05, 4.69) is 0 Å². The fourth-order valence-corrected chi connectivity index (χ4v) is 4.59. The van der Waals surface area contributed by atoms with Crippen LogP contribution in [0.2, 0.25) is 5.02 Å². The molecule has 0 aromatic heterocycles. The van der Waals surface area contributed by atoms with Crippen molar-refractivity contribution in [2.45, 2.75) is 13.0 Å². The fourth-order valence-electron chi connectivity index (χ4n) is 4.36. The molecule has 1 fully saturated rings. The number of aliphatic hydroxyl groups excluding tert-OH is 1. The second-order valence-corrected chi connectivity index (χ2v) is 8.80. The van der Waals surface area contributed by atoms with Gasteiger partial charge in [-0.1, -0.05) is 23.7 Å². The topological polar surface area (TPSA) is 112 Å². The van der Waals surface area contributed by atoms with Gasteiger partial charge in [0.2, 0.25) is 0 Å². The summed E-state index contributed by atoms with van der Waals surface area (Å²) in [4.78, 5) is 40.3. The summed E-state index contributed by atoms with van der Waals surface area (Å²) in [6, 6.07) is 14.7. The van der Waals surface area contributed by atoms with Crippen molar-refractivity contribution in [3.63, 3.8) is 0 Å². The van der Waals surface area contributed by atoms with Crippen molar-refractivity contribution in [3.8, 4) is 17.2 Å². The van der Waals surface area contributed by atoms with Crippen LogP contribution in [0, 0.1) is 0 Å². The quantitative estimate of drug-likeness (QED) is 0.177. The lowest BCUT2D eigenvalue weighted by atomic mass is 9.94. The molecule has 3 aromatic rings. The molecule has 10 heteroatoms. The van der Waals surface area contributed by atoms with Gasteiger partial charge in [0, 0.05) is 11.8 Å². The SMILES string of the molecule is CCOC(=O)c1ccc(N2C(=O)C(=O)/C(=C(/O)c3cc(OC)c(Cl)cc3OC)C2c2ccc(OC)cc2)cc1. The summed E-state index contributed by atoms with van der Waals surface area (Å²) in [5.74, 6) is -1.76. The molecule has 9 nitrogen and oxygen atoms in total. The molecule has 1 N–H and O–H groups in total. The largest absolute Gasteiger partial charge is 0.507 e. The number of Topliss-reactive ketones (excluding diaryl/α,β-unsaturated/α-hetero) is 1. The van der Waals surface area contributed by atoms with Crippen LogP contribution in [0.5, 0.6) is 17.2 Å². The van der Waals surface area contributed by atoms with Crippen molar-refractivity contribution in [3.05, 3.63) is 87.9 Å². The van der Waals surface area contributed by atoms with E-state index in [4.69, 9.17) is 30.5 Å². The lowest BCUT2D eigenvalue weighted by Gasteiger charge is -2.26. The van der Waals surface area contributed by atoms with Gasteiger partial charge < -0.3 is 24.1 Å². The molecule has 0 aliphatic carbocycles.